The van der Waals surface area contributed by atoms with Gasteiger partial charge in [-0.2, -0.15) is 10.2 Å². The second-order valence-corrected chi connectivity index (χ2v) is 6.17. The van der Waals surface area contributed by atoms with Crippen LogP contribution in [0.25, 0.3) is 4.96 Å². The van der Waals surface area contributed by atoms with Gasteiger partial charge in [0.1, 0.15) is 0 Å². The SMILES string of the molecule is NNc1nc2sccn2c1S(=O)(=O)NCc1nn[nH]n1. The Morgan fingerprint density at radius 1 is 1.50 bits per heavy atom. The molecule has 20 heavy (non-hydrogen) atoms. The van der Waals surface area contributed by atoms with Gasteiger partial charge in [-0.05, 0) is 0 Å². The van der Waals surface area contributed by atoms with E-state index in [1.54, 1.807) is 11.6 Å². The molecule has 0 unspecified atom stereocenters. The van der Waals surface area contributed by atoms with Crippen molar-refractivity contribution in [2.45, 2.75) is 11.6 Å². The van der Waals surface area contributed by atoms with Crippen LogP contribution in [0.3, 0.4) is 0 Å². The largest absolute Gasteiger partial charge is 0.306 e. The van der Waals surface area contributed by atoms with Crippen molar-refractivity contribution in [3.8, 4) is 0 Å². The molecule has 0 saturated heterocycles. The number of aromatic amines is 1. The first kappa shape index (κ1) is 12.9. The summed E-state index contributed by atoms with van der Waals surface area (Å²) < 4.78 is 28.4. The Bertz CT molecular complexity index is 818. The summed E-state index contributed by atoms with van der Waals surface area (Å²) in [7, 11) is -3.84. The van der Waals surface area contributed by atoms with E-state index in [4.69, 9.17) is 5.84 Å². The van der Waals surface area contributed by atoms with Gasteiger partial charge in [-0.1, -0.05) is 5.21 Å². The molecule has 11 nitrogen and oxygen atoms in total. The van der Waals surface area contributed by atoms with Gasteiger partial charge in [-0.15, -0.1) is 21.5 Å². The second kappa shape index (κ2) is 4.78. The normalized spacial score (nSPS) is 12.1. The molecule has 0 radical (unpaired) electrons. The zero-order valence-electron chi connectivity index (χ0n) is 9.81. The highest BCUT2D eigenvalue weighted by atomic mass is 32.2. The van der Waals surface area contributed by atoms with E-state index in [-0.39, 0.29) is 23.2 Å². The summed E-state index contributed by atoms with van der Waals surface area (Å²) in [6.45, 7) is -0.0970. The molecule has 0 amide bonds. The van der Waals surface area contributed by atoms with Crippen molar-refractivity contribution in [3.05, 3.63) is 17.4 Å². The first-order valence-electron chi connectivity index (χ1n) is 5.26. The van der Waals surface area contributed by atoms with Crippen LogP contribution in [0.15, 0.2) is 16.6 Å². The molecule has 3 heterocycles. The Hall–Kier alpha value is -2.09. The van der Waals surface area contributed by atoms with Crippen LogP contribution < -0.4 is 16.0 Å². The van der Waals surface area contributed by atoms with Crippen LogP contribution in [0.5, 0.6) is 0 Å². The number of rotatable bonds is 5. The number of tetrazole rings is 1. The van der Waals surface area contributed by atoms with Crippen LogP contribution in [0, 0.1) is 0 Å². The molecule has 0 aliphatic rings. The average Bonchev–Trinajstić information content (AvgIpc) is 3.11. The van der Waals surface area contributed by atoms with Crippen molar-refractivity contribution in [2.75, 3.05) is 5.43 Å². The van der Waals surface area contributed by atoms with Gasteiger partial charge in [0, 0.05) is 11.6 Å². The van der Waals surface area contributed by atoms with Crippen LogP contribution in [0.2, 0.25) is 0 Å². The number of aromatic nitrogens is 6. The van der Waals surface area contributed by atoms with Gasteiger partial charge < -0.3 is 5.43 Å². The molecule has 106 valence electrons. The van der Waals surface area contributed by atoms with Crippen molar-refractivity contribution < 1.29 is 8.42 Å². The number of sulfonamides is 1. The van der Waals surface area contributed by atoms with Gasteiger partial charge in [-0.3, -0.25) is 4.40 Å². The number of fused-ring (bicyclic) bond motifs is 1. The zero-order valence-corrected chi connectivity index (χ0v) is 11.4. The number of nitrogens with zero attached hydrogens (tertiary/aromatic N) is 5. The maximum absolute atomic E-state index is 12.3. The number of hydrogen-bond acceptors (Lipinski definition) is 9. The quantitative estimate of drug-likeness (QED) is 0.333. The molecule has 3 aromatic rings. The molecule has 0 spiro atoms. The topological polar surface area (TPSA) is 156 Å². The van der Waals surface area contributed by atoms with Gasteiger partial charge in [-0.25, -0.2) is 19.0 Å². The fourth-order valence-electron chi connectivity index (χ4n) is 1.60. The Labute approximate surface area is 116 Å². The van der Waals surface area contributed by atoms with E-state index in [1.165, 1.54) is 15.7 Å². The molecule has 0 bridgehead atoms. The van der Waals surface area contributed by atoms with Crippen molar-refractivity contribution >= 4 is 32.1 Å². The number of nitrogen functional groups attached to an aromatic ring is 1. The van der Waals surface area contributed by atoms with Gasteiger partial charge in [0.2, 0.25) is 5.03 Å². The van der Waals surface area contributed by atoms with Crippen LogP contribution in [-0.4, -0.2) is 38.4 Å². The number of thiazole rings is 1. The summed E-state index contributed by atoms with van der Waals surface area (Å²) >= 11 is 1.29. The molecular weight excluding hydrogens is 306 g/mol. The van der Waals surface area contributed by atoms with Crippen LogP contribution in [0.4, 0.5) is 5.82 Å². The smallest absolute Gasteiger partial charge is 0.260 e. The molecule has 13 heteroatoms. The summed E-state index contributed by atoms with van der Waals surface area (Å²) in [6.07, 6.45) is 1.59. The Morgan fingerprint density at radius 2 is 2.35 bits per heavy atom. The maximum Gasteiger partial charge on any atom is 0.260 e. The highest BCUT2D eigenvalue weighted by Crippen LogP contribution is 2.24. The van der Waals surface area contributed by atoms with Crippen LogP contribution >= 0.6 is 11.3 Å². The second-order valence-electron chi connectivity index (χ2n) is 3.62. The Kier molecular flexibility index (Phi) is 3.09. The predicted octanol–water partition coefficient (Wildman–Crippen LogP) is -1.33. The van der Waals surface area contributed by atoms with E-state index in [2.05, 4.69) is 35.8 Å². The Balaban J connectivity index is 1.97. The third-order valence-electron chi connectivity index (χ3n) is 2.42. The van der Waals surface area contributed by atoms with E-state index < -0.39 is 10.0 Å². The van der Waals surface area contributed by atoms with Crippen LogP contribution in [0.1, 0.15) is 5.82 Å². The van der Waals surface area contributed by atoms with Gasteiger partial charge in [0.05, 0.1) is 6.54 Å². The van der Waals surface area contributed by atoms with Crippen molar-refractivity contribution in [1.82, 2.24) is 34.7 Å². The molecule has 0 aromatic carbocycles. The lowest BCUT2D eigenvalue weighted by Gasteiger charge is -2.05. The van der Waals surface area contributed by atoms with Crippen LogP contribution in [-0.2, 0) is 16.6 Å². The predicted molar refractivity (Wildman–Crippen MR) is 69.1 cm³/mol. The fraction of sp³-hybridized carbons (Fsp3) is 0.143. The standard InChI is InChI=1S/C7H9N9O2S2/c8-11-5-6(16-1-2-19-7(16)10-5)20(17,18)9-3-4-12-14-15-13-4/h1-2,9,11H,3,8H2,(H,12,13,14,15). The minimum absolute atomic E-state index is 0.0671. The minimum atomic E-state index is -3.84. The molecular formula is C7H9N9O2S2. The highest BCUT2D eigenvalue weighted by Gasteiger charge is 2.25. The number of anilines is 1. The van der Waals surface area contributed by atoms with E-state index in [1.807, 2.05) is 0 Å². The van der Waals surface area contributed by atoms with Crippen molar-refractivity contribution in [1.29, 1.82) is 0 Å². The number of nitrogens with two attached hydrogens (primary N) is 1. The number of hydrogen-bond donors (Lipinski definition) is 4. The lowest BCUT2D eigenvalue weighted by Crippen LogP contribution is -2.26. The fourth-order valence-corrected chi connectivity index (χ4v) is 3.59. The third-order valence-corrected chi connectivity index (χ3v) is 4.60. The molecule has 0 aliphatic carbocycles. The summed E-state index contributed by atoms with van der Waals surface area (Å²) in [4.78, 5) is 4.59. The molecule has 0 atom stereocenters. The van der Waals surface area contributed by atoms with Gasteiger partial charge in [0.25, 0.3) is 10.0 Å². The molecule has 0 aliphatic heterocycles. The molecule has 3 rings (SSSR count). The van der Waals surface area contributed by atoms with Crippen molar-refractivity contribution in [2.24, 2.45) is 5.84 Å². The lowest BCUT2D eigenvalue weighted by molar-refractivity contribution is 0.575. The van der Waals surface area contributed by atoms with Gasteiger partial charge in [0.15, 0.2) is 16.6 Å². The number of hydrazine groups is 1. The lowest BCUT2D eigenvalue weighted by atomic mass is 10.7. The summed E-state index contributed by atoms with van der Waals surface area (Å²) in [5, 5.41) is 14.6. The average molecular weight is 315 g/mol. The molecule has 0 saturated carbocycles. The summed E-state index contributed by atoms with van der Waals surface area (Å²) in [6, 6.07) is 0. The minimum Gasteiger partial charge on any atom is -0.306 e. The van der Waals surface area contributed by atoms with Crippen molar-refractivity contribution in [3.63, 3.8) is 0 Å². The zero-order chi connectivity index (χ0) is 14.2. The van der Waals surface area contributed by atoms with E-state index in [0.29, 0.717) is 4.96 Å². The van der Waals surface area contributed by atoms with E-state index in [0.717, 1.165) is 0 Å². The number of H-pyrrole nitrogens is 1. The first-order chi connectivity index (χ1) is 9.62. The highest BCUT2D eigenvalue weighted by molar-refractivity contribution is 7.89. The molecule has 5 N–H and O–H groups in total. The van der Waals surface area contributed by atoms with E-state index >= 15 is 0 Å². The number of nitrogens with one attached hydrogen (secondary N) is 3. The van der Waals surface area contributed by atoms with E-state index in [9.17, 15) is 8.42 Å². The summed E-state index contributed by atoms with van der Waals surface area (Å²) in [5.74, 6) is 5.60. The molecule has 0 fully saturated rings. The third kappa shape index (κ3) is 2.11. The van der Waals surface area contributed by atoms with Gasteiger partial charge >= 0.3 is 0 Å². The monoisotopic (exact) mass is 315 g/mol. The number of imidazole rings is 1. The Morgan fingerprint density at radius 3 is 3.05 bits per heavy atom. The summed E-state index contributed by atoms with van der Waals surface area (Å²) in [5.41, 5.74) is 2.28. The maximum atomic E-state index is 12.3. The first-order valence-corrected chi connectivity index (χ1v) is 7.62. The molecule has 3 aromatic heterocycles.